The van der Waals surface area contributed by atoms with Crippen LogP contribution in [0.3, 0.4) is 0 Å². The predicted octanol–water partition coefficient (Wildman–Crippen LogP) is 3.83. The Labute approximate surface area is 138 Å². The first-order chi connectivity index (χ1) is 9.74. The van der Waals surface area contributed by atoms with Crippen molar-refractivity contribution in [1.82, 2.24) is 5.32 Å². The summed E-state index contributed by atoms with van der Waals surface area (Å²) in [6.45, 7) is 3.21. The number of halogens is 1. The largest absolute Gasteiger partial charge is 0.497 e. The van der Waals surface area contributed by atoms with Crippen LogP contribution in [0.1, 0.15) is 12.5 Å². The Morgan fingerprint density at radius 2 is 2.30 bits per heavy atom. The molecule has 1 fully saturated rings. The minimum absolute atomic E-state index is 0.529. The fourth-order valence-electron chi connectivity index (χ4n) is 2.41. The first kappa shape index (κ1) is 16.5. The quantitative estimate of drug-likeness (QED) is 0.814. The number of hydrogen-bond acceptors (Lipinski definition) is 4. The highest BCUT2D eigenvalue weighted by molar-refractivity contribution is 9.10. The molecule has 1 aliphatic rings. The predicted molar refractivity (Wildman–Crippen MR) is 95.4 cm³/mol. The molecule has 2 atom stereocenters. The minimum Gasteiger partial charge on any atom is -0.497 e. The smallest absolute Gasteiger partial charge is 0.119 e. The van der Waals surface area contributed by atoms with Crippen molar-refractivity contribution in [1.29, 1.82) is 0 Å². The van der Waals surface area contributed by atoms with Crippen LogP contribution in [-0.2, 0) is 6.42 Å². The van der Waals surface area contributed by atoms with Crippen LogP contribution < -0.4 is 10.1 Å². The average Bonchev–Trinajstić information content (AvgIpc) is 2.49. The molecule has 0 bridgehead atoms. The van der Waals surface area contributed by atoms with E-state index in [0.29, 0.717) is 11.3 Å². The van der Waals surface area contributed by atoms with Crippen LogP contribution in [-0.4, -0.2) is 42.2 Å². The number of ether oxygens (including phenoxy) is 1. The number of methoxy groups -OCH3 is 1. The third-order valence-corrected chi connectivity index (χ3v) is 7.14. The maximum atomic E-state index is 5.35. The summed E-state index contributed by atoms with van der Waals surface area (Å²) in [5, 5.41) is 4.37. The van der Waals surface area contributed by atoms with Gasteiger partial charge in [-0.3, -0.25) is 0 Å². The monoisotopic (exact) mass is 375 g/mol. The number of nitrogens with one attached hydrogen (secondary N) is 1. The van der Waals surface area contributed by atoms with Crippen LogP contribution in [0.4, 0.5) is 0 Å². The first-order valence-corrected chi connectivity index (χ1v) is 9.99. The second-order valence-electron chi connectivity index (χ2n) is 4.81. The van der Waals surface area contributed by atoms with E-state index in [4.69, 9.17) is 4.74 Å². The lowest BCUT2D eigenvalue weighted by atomic mass is 10.0. The Bertz CT molecular complexity index is 424. The lowest BCUT2D eigenvalue weighted by molar-refractivity contribution is 0.413. The van der Waals surface area contributed by atoms with Gasteiger partial charge in [0.15, 0.2) is 0 Å². The highest BCUT2D eigenvalue weighted by Crippen LogP contribution is 2.30. The first-order valence-electron chi connectivity index (χ1n) is 6.99. The van der Waals surface area contributed by atoms with Gasteiger partial charge < -0.3 is 10.1 Å². The van der Waals surface area contributed by atoms with Gasteiger partial charge in [0, 0.05) is 33.0 Å². The van der Waals surface area contributed by atoms with Gasteiger partial charge in [-0.1, -0.05) is 22.9 Å². The van der Waals surface area contributed by atoms with Crippen molar-refractivity contribution in [3.05, 3.63) is 28.2 Å². The van der Waals surface area contributed by atoms with Crippen molar-refractivity contribution in [2.24, 2.45) is 0 Å². The number of thioether (sulfide) groups is 2. The molecule has 0 amide bonds. The van der Waals surface area contributed by atoms with Gasteiger partial charge in [0.25, 0.3) is 0 Å². The van der Waals surface area contributed by atoms with E-state index in [1.165, 1.54) is 27.3 Å². The summed E-state index contributed by atoms with van der Waals surface area (Å²) < 4.78 is 6.52. The van der Waals surface area contributed by atoms with Crippen molar-refractivity contribution in [2.75, 3.05) is 30.9 Å². The number of likely N-dealkylation sites (N-methyl/N-ethyl adjacent to an activating group) is 1. The van der Waals surface area contributed by atoms with E-state index in [0.717, 1.165) is 18.7 Å². The highest BCUT2D eigenvalue weighted by atomic mass is 79.9. The second kappa shape index (κ2) is 8.57. The van der Waals surface area contributed by atoms with Gasteiger partial charge in [0.2, 0.25) is 0 Å². The molecule has 1 heterocycles. The topological polar surface area (TPSA) is 21.3 Å². The molecule has 1 aromatic rings. The second-order valence-corrected chi connectivity index (χ2v) is 8.16. The van der Waals surface area contributed by atoms with Crippen molar-refractivity contribution in [3.63, 3.8) is 0 Å². The molecule has 2 nitrogen and oxygen atoms in total. The van der Waals surface area contributed by atoms with Crippen LogP contribution in [0.15, 0.2) is 22.7 Å². The van der Waals surface area contributed by atoms with E-state index in [2.05, 4.69) is 63.8 Å². The van der Waals surface area contributed by atoms with Crippen LogP contribution >= 0.6 is 39.5 Å². The standard InChI is InChI=1S/C15H22BrNOS2/c1-3-17-14(15-10-19-6-7-20-15)9-11-8-12(18-2)4-5-13(11)16/h4-5,8,14-15,17H,3,6-7,9-10H2,1-2H3. The van der Waals surface area contributed by atoms with Gasteiger partial charge in [0.1, 0.15) is 5.75 Å². The zero-order valence-electron chi connectivity index (χ0n) is 12.0. The van der Waals surface area contributed by atoms with Gasteiger partial charge in [-0.15, -0.1) is 0 Å². The van der Waals surface area contributed by atoms with Crippen LogP contribution in [0.5, 0.6) is 5.75 Å². The molecule has 2 unspecified atom stereocenters. The third-order valence-electron chi connectivity index (χ3n) is 3.45. The van der Waals surface area contributed by atoms with Gasteiger partial charge >= 0.3 is 0 Å². The lowest BCUT2D eigenvalue weighted by Gasteiger charge is -2.30. The van der Waals surface area contributed by atoms with Crippen LogP contribution in [0.25, 0.3) is 0 Å². The lowest BCUT2D eigenvalue weighted by Crippen LogP contribution is -2.42. The molecule has 0 spiro atoms. The molecular formula is C15H22BrNOS2. The molecule has 0 radical (unpaired) electrons. The molecule has 0 aliphatic carbocycles. The number of benzene rings is 1. The van der Waals surface area contributed by atoms with E-state index >= 15 is 0 Å². The maximum absolute atomic E-state index is 5.35. The normalized spacial score (nSPS) is 20.6. The third kappa shape index (κ3) is 4.58. The van der Waals surface area contributed by atoms with E-state index in [1.54, 1.807) is 7.11 Å². The fourth-order valence-corrected chi connectivity index (χ4v) is 5.70. The van der Waals surface area contributed by atoms with Crippen molar-refractivity contribution in [2.45, 2.75) is 24.6 Å². The van der Waals surface area contributed by atoms with E-state index in [-0.39, 0.29) is 0 Å². The Balaban J connectivity index is 2.10. The average molecular weight is 376 g/mol. The SMILES string of the molecule is CCNC(Cc1cc(OC)ccc1Br)C1CSCCS1. The maximum Gasteiger partial charge on any atom is 0.119 e. The Morgan fingerprint density at radius 3 is 2.95 bits per heavy atom. The summed E-state index contributed by atoms with van der Waals surface area (Å²) >= 11 is 7.87. The Hall–Kier alpha value is 0.160. The molecule has 0 saturated carbocycles. The molecule has 0 aromatic heterocycles. The summed E-state index contributed by atoms with van der Waals surface area (Å²) in [6.07, 6.45) is 1.05. The van der Waals surface area contributed by atoms with Gasteiger partial charge in [0.05, 0.1) is 7.11 Å². The van der Waals surface area contributed by atoms with Crippen LogP contribution in [0.2, 0.25) is 0 Å². The zero-order chi connectivity index (χ0) is 14.4. The van der Waals surface area contributed by atoms with Crippen molar-refractivity contribution >= 4 is 39.5 Å². The van der Waals surface area contributed by atoms with Gasteiger partial charge in [-0.2, -0.15) is 23.5 Å². The highest BCUT2D eigenvalue weighted by Gasteiger charge is 2.24. The van der Waals surface area contributed by atoms with E-state index in [1.807, 2.05) is 6.07 Å². The molecule has 5 heteroatoms. The summed E-state index contributed by atoms with van der Waals surface area (Å²) in [5.74, 6) is 4.76. The number of rotatable bonds is 6. The molecule has 1 aliphatic heterocycles. The molecule has 112 valence electrons. The number of hydrogen-bond donors (Lipinski definition) is 1. The summed E-state index contributed by atoms with van der Waals surface area (Å²) in [6, 6.07) is 6.76. The zero-order valence-corrected chi connectivity index (χ0v) is 15.2. The van der Waals surface area contributed by atoms with Crippen molar-refractivity contribution < 1.29 is 4.74 Å². The van der Waals surface area contributed by atoms with Crippen molar-refractivity contribution in [3.8, 4) is 5.75 Å². The summed E-state index contributed by atoms with van der Waals surface area (Å²) in [5.41, 5.74) is 1.33. The molecule has 1 N–H and O–H groups in total. The summed E-state index contributed by atoms with van der Waals surface area (Å²) in [4.78, 5) is 0. The van der Waals surface area contributed by atoms with E-state index < -0.39 is 0 Å². The molecule has 20 heavy (non-hydrogen) atoms. The summed E-state index contributed by atoms with van der Waals surface area (Å²) in [7, 11) is 1.72. The molecule has 1 aromatic carbocycles. The Morgan fingerprint density at radius 1 is 1.45 bits per heavy atom. The fraction of sp³-hybridized carbons (Fsp3) is 0.600. The van der Waals surface area contributed by atoms with Crippen LogP contribution in [0, 0.1) is 0 Å². The van der Waals surface area contributed by atoms with Gasteiger partial charge in [-0.25, -0.2) is 0 Å². The Kier molecular flexibility index (Phi) is 7.08. The molecule has 1 saturated heterocycles. The minimum atomic E-state index is 0.529. The van der Waals surface area contributed by atoms with Gasteiger partial charge in [-0.05, 0) is 36.7 Å². The molecule has 2 rings (SSSR count). The molecular weight excluding hydrogens is 354 g/mol. The van der Waals surface area contributed by atoms with E-state index in [9.17, 15) is 0 Å².